The molecule has 0 N–H and O–H groups in total. The number of nitrogens with zero attached hydrogens (tertiary/aromatic N) is 5. The van der Waals surface area contributed by atoms with Crippen LogP contribution in [0.25, 0.3) is 11.4 Å². The molecule has 7 nitrogen and oxygen atoms in total. The molecule has 2 aliphatic rings. The highest BCUT2D eigenvalue weighted by Gasteiger charge is 2.33. The molecule has 1 unspecified atom stereocenters. The van der Waals surface area contributed by atoms with Crippen molar-refractivity contribution in [2.24, 2.45) is 5.92 Å². The third kappa shape index (κ3) is 5.86. The Balaban J connectivity index is 1.06. The van der Waals surface area contributed by atoms with Crippen LogP contribution in [0.15, 0.2) is 89.5 Å². The first kappa shape index (κ1) is 26.4. The number of carbonyl (C=O) groups excluding carboxylic acids is 1. The number of benzene rings is 3. The second-order valence-electron chi connectivity index (χ2n) is 11.0. The Bertz CT molecular complexity index is 1360. The van der Waals surface area contributed by atoms with E-state index in [0.29, 0.717) is 18.3 Å². The van der Waals surface area contributed by atoms with Crippen LogP contribution in [-0.4, -0.2) is 70.0 Å². The van der Waals surface area contributed by atoms with Crippen molar-refractivity contribution in [2.45, 2.75) is 32.4 Å². The zero-order valence-corrected chi connectivity index (χ0v) is 23.2. The third-order valence-corrected chi connectivity index (χ3v) is 8.29. The largest absolute Gasteiger partial charge is 0.340 e. The maximum absolute atomic E-state index is 13.6. The Morgan fingerprint density at radius 2 is 1.52 bits per heavy atom. The molecule has 2 aliphatic heterocycles. The van der Waals surface area contributed by atoms with Gasteiger partial charge in [-0.1, -0.05) is 90.1 Å². The van der Waals surface area contributed by atoms with Gasteiger partial charge in [-0.05, 0) is 43.0 Å². The van der Waals surface area contributed by atoms with Crippen molar-refractivity contribution in [3.05, 3.63) is 108 Å². The molecular formula is C33H37N5O2. The summed E-state index contributed by atoms with van der Waals surface area (Å²) in [4.78, 5) is 25.2. The molecular weight excluding hydrogens is 498 g/mol. The van der Waals surface area contributed by atoms with Crippen molar-refractivity contribution in [3.63, 3.8) is 0 Å². The average Bonchev–Trinajstić information content (AvgIpc) is 3.47. The SMILES string of the molecule is Cc1ccccc1-c1noc(CN2CCCC(C(=O)N3CCN(C(c4ccccc4)c4ccccc4)CC3)C2)n1. The number of amides is 1. The van der Waals surface area contributed by atoms with Gasteiger partial charge in [-0.2, -0.15) is 4.98 Å². The zero-order valence-electron chi connectivity index (χ0n) is 23.2. The van der Waals surface area contributed by atoms with E-state index in [1.54, 1.807) is 0 Å². The molecule has 1 amide bonds. The minimum Gasteiger partial charge on any atom is -0.340 e. The topological polar surface area (TPSA) is 65.7 Å². The van der Waals surface area contributed by atoms with Crippen LogP contribution in [0, 0.1) is 12.8 Å². The van der Waals surface area contributed by atoms with Gasteiger partial charge >= 0.3 is 0 Å². The van der Waals surface area contributed by atoms with E-state index in [4.69, 9.17) is 4.52 Å². The number of aryl methyl sites for hydroxylation is 1. The van der Waals surface area contributed by atoms with Gasteiger partial charge in [0, 0.05) is 38.3 Å². The number of rotatable bonds is 7. The number of aromatic nitrogens is 2. The normalized spacial score (nSPS) is 18.8. The molecule has 0 bridgehead atoms. The van der Waals surface area contributed by atoms with E-state index < -0.39 is 0 Å². The third-order valence-electron chi connectivity index (χ3n) is 8.29. The number of hydrogen-bond acceptors (Lipinski definition) is 6. The van der Waals surface area contributed by atoms with Crippen molar-refractivity contribution in [3.8, 4) is 11.4 Å². The summed E-state index contributed by atoms with van der Waals surface area (Å²) in [6.45, 7) is 7.54. The maximum Gasteiger partial charge on any atom is 0.241 e. The molecule has 0 saturated carbocycles. The van der Waals surface area contributed by atoms with E-state index in [0.717, 1.165) is 63.2 Å². The molecule has 3 aromatic carbocycles. The maximum atomic E-state index is 13.6. The summed E-state index contributed by atoms with van der Waals surface area (Å²) in [5.74, 6) is 1.53. The van der Waals surface area contributed by atoms with E-state index in [1.807, 2.05) is 18.2 Å². The molecule has 206 valence electrons. The van der Waals surface area contributed by atoms with Crippen LogP contribution in [0.3, 0.4) is 0 Å². The van der Waals surface area contributed by atoms with Gasteiger partial charge in [0.1, 0.15) is 0 Å². The predicted octanol–water partition coefficient (Wildman–Crippen LogP) is 5.19. The predicted molar refractivity (Wildman–Crippen MR) is 155 cm³/mol. The van der Waals surface area contributed by atoms with Crippen LogP contribution < -0.4 is 0 Å². The molecule has 40 heavy (non-hydrogen) atoms. The highest BCUT2D eigenvalue weighted by Crippen LogP contribution is 2.30. The summed E-state index contributed by atoms with van der Waals surface area (Å²) in [7, 11) is 0. The van der Waals surface area contributed by atoms with Crippen LogP contribution >= 0.6 is 0 Å². The Kier molecular flexibility index (Phi) is 8.02. The lowest BCUT2D eigenvalue weighted by Gasteiger charge is -2.41. The number of hydrogen-bond donors (Lipinski definition) is 0. The van der Waals surface area contributed by atoms with Gasteiger partial charge in [0.25, 0.3) is 0 Å². The second-order valence-corrected chi connectivity index (χ2v) is 11.0. The molecule has 7 heteroatoms. The standard InChI is InChI=1S/C33H37N5O2/c1-25-11-8-9-17-29(25)32-34-30(40-35-32)24-36-18-10-16-28(23-36)33(39)38-21-19-37(20-22-38)31(26-12-4-2-5-13-26)27-14-6-3-7-15-27/h2-9,11-15,17,28,31H,10,16,18-24H2,1H3. The van der Waals surface area contributed by atoms with Gasteiger partial charge in [-0.3, -0.25) is 14.6 Å². The molecule has 1 atom stereocenters. The summed E-state index contributed by atoms with van der Waals surface area (Å²) in [5, 5.41) is 4.21. The van der Waals surface area contributed by atoms with E-state index >= 15 is 0 Å². The van der Waals surface area contributed by atoms with Crippen molar-refractivity contribution in [2.75, 3.05) is 39.3 Å². The van der Waals surface area contributed by atoms with Crippen LogP contribution in [0.2, 0.25) is 0 Å². The van der Waals surface area contributed by atoms with Crippen molar-refractivity contribution >= 4 is 5.91 Å². The van der Waals surface area contributed by atoms with Gasteiger partial charge in [0.15, 0.2) is 0 Å². The first-order chi connectivity index (χ1) is 19.7. The smallest absolute Gasteiger partial charge is 0.241 e. The monoisotopic (exact) mass is 535 g/mol. The van der Waals surface area contributed by atoms with Gasteiger partial charge in [0.05, 0.1) is 18.5 Å². The van der Waals surface area contributed by atoms with Gasteiger partial charge in [-0.15, -0.1) is 0 Å². The lowest BCUT2D eigenvalue weighted by atomic mass is 9.95. The number of piperazine rings is 1. The first-order valence-corrected chi connectivity index (χ1v) is 14.4. The fraction of sp³-hybridized carbons (Fsp3) is 0.364. The van der Waals surface area contributed by atoms with Gasteiger partial charge in [-0.25, -0.2) is 0 Å². The van der Waals surface area contributed by atoms with Crippen molar-refractivity contribution < 1.29 is 9.32 Å². The molecule has 3 heterocycles. The average molecular weight is 536 g/mol. The number of carbonyl (C=O) groups is 1. The Morgan fingerprint density at radius 3 is 2.20 bits per heavy atom. The second kappa shape index (κ2) is 12.1. The fourth-order valence-electron chi connectivity index (χ4n) is 6.19. The lowest BCUT2D eigenvalue weighted by molar-refractivity contribution is -0.139. The van der Waals surface area contributed by atoms with Crippen LogP contribution in [0.1, 0.15) is 41.5 Å². The van der Waals surface area contributed by atoms with E-state index in [2.05, 4.69) is 98.5 Å². The van der Waals surface area contributed by atoms with Crippen molar-refractivity contribution in [1.82, 2.24) is 24.8 Å². The highest BCUT2D eigenvalue weighted by molar-refractivity contribution is 5.79. The Hall–Kier alpha value is -3.81. The Morgan fingerprint density at radius 1 is 0.875 bits per heavy atom. The molecule has 2 saturated heterocycles. The number of likely N-dealkylation sites (tertiary alicyclic amines) is 1. The lowest BCUT2D eigenvalue weighted by Crippen LogP contribution is -2.53. The van der Waals surface area contributed by atoms with Gasteiger partial charge in [0.2, 0.25) is 17.6 Å². The minimum atomic E-state index is 0.0121. The summed E-state index contributed by atoms with van der Waals surface area (Å²) in [6.07, 6.45) is 1.93. The fourth-order valence-corrected chi connectivity index (χ4v) is 6.19. The van der Waals surface area contributed by atoms with E-state index in [1.165, 1.54) is 11.1 Å². The molecule has 1 aromatic heterocycles. The molecule has 0 aliphatic carbocycles. The summed E-state index contributed by atoms with van der Waals surface area (Å²) >= 11 is 0. The van der Waals surface area contributed by atoms with Crippen LogP contribution in [0.5, 0.6) is 0 Å². The molecule has 6 rings (SSSR count). The first-order valence-electron chi connectivity index (χ1n) is 14.4. The summed E-state index contributed by atoms with van der Waals surface area (Å²) in [6, 6.07) is 29.7. The van der Waals surface area contributed by atoms with Gasteiger partial charge < -0.3 is 9.42 Å². The molecule has 4 aromatic rings. The molecule has 0 radical (unpaired) electrons. The van der Waals surface area contributed by atoms with Crippen LogP contribution in [0.4, 0.5) is 0 Å². The molecule has 2 fully saturated rings. The quantitative estimate of drug-likeness (QED) is 0.325. The van der Waals surface area contributed by atoms with E-state index in [9.17, 15) is 4.79 Å². The summed E-state index contributed by atoms with van der Waals surface area (Å²) in [5.41, 5.74) is 4.70. The van der Waals surface area contributed by atoms with E-state index in [-0.39, 0.29) is 17.9 Å². The highest BCUT2D eigenvalue weighted by atomic mass is 16.5. The van der Waals surface area contributed by atoms with Crippen LogP contribution in [-0.2, 0) is 11.3 Å². The zero-order chi connectivity index (χ0) is 27.3. The minimum absolute atomic E-state index is 0.0121. The molecule has 0 spiro atoms. The summed E-state index contributed by atoms with van der Waals surface area (Å²) < 4.78 is 5.59. The van der Waals surface area contributed by atoms with Crippen molar-refractivity contribution in [1.29, 1.82) is 0 Å². The number of piperidine rings is 1. The Labute approximate surface area is 236 Å².